The van der Waals surface area contributed by atoms with Crippen LogP contribution in [0.1, 0.15) is 40.0 Å². The molecule has 0 bridgehead atoms. The van der Waals surface area contributed by atoms with Crippen molar-refractivity contribution in [1.29, 1.82) is 0 Å². The zero-order valence-corrected chi connectivity index (χ0v) is 16.7. The van der Waals surface area contributed by atoms with Crippen molar-refractivity contribution in [3.63, 3.8) is 0 Å². The van der Waals surface area contributed by atoms with Crippen LogP contribution in [0.3, 0.4) is 0 Å². The molecule has 3 atom stereocenters. The summed E-state index contributed by atoms with van der Waals surface area (Å²) in [5, 5.41) is 0. The molecule has 0 aliphatic rings. The summed E-state index contributed by atoms with van der Waals surface area (Å²) in [6.07, 6.45) is 2.22. The van der Waals surface area contributed by atoms with E-state index in [9.17, 15) is 28.4 Å². The van der Waals surface area contributed by atoms with Crippen molar-refractivity contribution in [2.45, 2.75) is 40.0 Å². The molecule has 0 radical (unpaired) electrons. The van der Waals surface area contributed by atoms with E-state index in [0.717, 1.165) is 19.3 Å². The third-order valence-electron chi connectivity index (χ3n) is 1.20. The van der Waals surface area contributed by atoms with Gasteiger partial charge in [0.2, 0.25) is 0 Å². The first-order valence-electron chi connectivity index (χ1n) is 6.13. The fourth-order valence-electron chi connectivity index (χ4n) is 0.497. The maximum atomic E-state index is 9.57. The van der Waals surface area contributed by atoms with Crippen LogP contribution in [0.15, 0.2) is 0 Å². The van der Waals surface area contributed by atoms with Gasteiger partial charge in [0.15, 0.2) is 0 Å². The monoisotopic (exact) mass is 393 g/mol. The molecule has 9 nitrogen and oxygen atoms in total. The maximum absolute atomic E-state index is 9.57. The second kappa shape index (κ2) is 26.5. The van der Waals surface area contributed by atoms with Crippen LogP contribution in [-0.4, -0.2) is 37.2 Å². The van der Waals surface area contributed by atoms with Crippen molar-refractivity contribution in [3.05, 3.63) is 0 Å². The zero-order valence-electron chi connectivity index (χ0n) is 12.8. The van der Waals surface area contributed by atoms with E-state index in [1.54, 1.807) is 0 Å². The number of hydrogen-bond acceptors (Lipinski definition) is 9. The molecule has 0 fully saturated rings. The predicted molar refractivity (Wildman–Crippen MR) is 77.3 cm³/mol. The molecule has 0 rings (SSSR count). The maximum Gasteiger partial charge on any atom is 3.00 e. The minimum atomic E-state index is -2.61. The number of hydrogen-bond donors (Lipinski definition) is 0. The van der Waals surface area contributed by atoms with Crippen molar-refractivity contribution < 1.29 is 41.9 Å². The molecule has 0 saturated heterocycles. The molecule has 0 aromatic carbocycles. The zero-order chi connectivity index (χ0) is 17.1. The van der Waals surface area contributed by atoms with E-state index in [4.69, 9.17) is 0 Å². The molecule has 0 aliphatic heterocycles. The normalized spacial score (nSPS) is 10.9. The molecule has 0 amide bonds. The molecule has 13 heteroatoms. The van der Waals surface area contributed by atoms with Gasteiger partial charge in [0.05, 0.1) is 0 Å². The Morgan fingerprint density at radius 3 is 0.864 bits per heavy atom. The first-order valence-corrected chi connectivity index (χ1v) is 9.42. The fraction of sp³-hybridized carbons (Fsp3) is 1.00. The van der Waals surface area contributed by atoms with Crippen LogP contribution in [0.4, 0.5) is 0 Å². The van der Waals surface area contributed by atoms with E-state index in [-0.39, 0.29) is 17.4 Å². The molecule has 0 aromatic rings. The second-order valence-electron chi connectivity index (χ2n) is 3.17. The minimum Gasteiger partial charge on any atom is -0.566 e. The summed E-state index contributed by atoms with van der Waals surface area (Å²) in [7, 11) is -7.82. The van der Waals surface area contributed by atoms with Gasteiger partial charge in [-0.2, -0.15) is 0 Å². The Hall–Kier alpha value is 0.592. The van der Waals surface area contributed by atoms with Gasteiger partial charge in [-0.05, 0) is 33.0 Å². The summed E-state index contributed by atoms with van der Waals surface area (Å²) in [5.41, 5.74) is 0. The van der Waals surface area contributed by atoms with Crippen LogP contribution >= 0.6 is 24.8 Å². The average Bonchev–Trinajstić information content (AvgIpc) is 2.41. The Labute approximate surface area is 144 Å². The SMILES string of the molecule is CCCO[P+](=O)[O-].CCCO[P+](=O)[O-].CCCO[P+](=O)[O-].[Al+3]. The van der Waals surface area contributed by atoms with Crippen LogP contribution in [0, 0.1) is 0 Å². The van der Waals surface area contributed by atoms with Crippen LogP contribution in [-0.2, 0) is 27.3 Å². The topological polar surface area (TPSA) is 148 Å². The van der Waals surface area contributed by atoms with E-state index in [1.165, 1.54) is 0 Å². The molecule has 0 aromatic heterocycles. The smallest absolute Gasteiger partial charge is 0.566 e. The molecule has 0 spiro atoms. The van der Waals surface area contributed by atoms with Gasteiger partial charge in [-0.25, -0.2) is 0 Å². The average molecular weight is 393 g/mol. The number of rotatable bonds is 9. The third kappa shape index (κ3) is 49.8. The van der Waals surface area contributed by atoms with E-state index in [0.29, 0.717) is 19.8 Å². The van der Waals surface area contributed by atoms with Crippen molar-refractivity contribution in [2.24, 2.45) is 0 Å². The van der Waals surface area contributed by atoms with Crippen LogP contribution < -0.4 is 14.7 Å². The summed E-state index contributed by atoms with van der Waals surface area (Å²) in [4.78, 5) is 28.7. The van der Waals surface area contributed by atoms with Gasteiger partial charge in [0.1, 0.15) is 19.8 Å². The second-order valence-corrected chi connectivity index (χ2v) is 5.29. The van der Waals surface area contributed by atoms with E-state index in [2.05, 4.69) is 13.6 Å². The van der Waals surface area contributed by atoms with Crippen LogP contribution in [0.25, 0.3) is 0 Å². The molecule has 126 valence electrons. The molecular formula is C9H21AlO9P3+3. The molecule has 3 unspecified atom stereocenters. The van der Waals surface area contributed by atoms with Gasteiger partial charge < -0.3 is 14.7 Å². The Morgan fingerprint density at radius 2 is 0.818 bits per heavy atom. The summed E-state index contributed by atoms with van der Waals surface area (Å²) in [6.45, 7) is 6.45. The molecular weight excluding hydrogens is 372 g/mol. The fourth-order valence-corrected chi connectivity index (χ4v) is 1.49. The van der Waals surface area contributed by atoms with Crippen LogP contribution in [0.5, 0.6) is 0 Å². The molecule has 0 aliphatic carbocycles. The molecule has 22 heavy (non-hydrogen) atoms. The summed E-state index contributed by atoms with van der Waals surface area (Å²) >= 11 is 0. The quantitative estimate of drug-likeness (QED) is 0.412. The van der Waals surface area contributed by atoms with E-state index < -0.39 is 24.8 Å². The third-order valence-corrected chi connectivity index (χ3v) is 2.38. The Kier molecular flexibility index (Phi) is 36.7. The largest absolute Gasteiger partial charge is 3.00 e. The van der Waals surface area contributed by atoms with Gasteiger partial charge in [-0.1, -0.05) is 20.8 Å². The van der Waals surface area contributed by atoms with Crippen molar-refractivity contribution in [2.75, 3.05) is 19.8 Å². The van der Waals surface area contributed by atoms with Gasteiger partial charge in [0, 0.05) is 0 Å². The van der Waals surface area contributed by atoms with Crippen LogP contribution in [0.2, 0.25) is 0 Å². The summed E-state index contributed by atoms with van der Waals surface area (Å²) < 4.78 is 41.2. The van der Waals surface area contributed by atoms with Gasteiger partial charge >= 0.3 is 42.1 Å². The first kappa shape index (κ1) is 30.5. The summed E-state index contributed by atoms with van der Waals surface area (Å²) in [6, 6.07) is 0. The van der Waals surface area contributed by atoms with Gasteiger partial charge in [-0.15, -0.1) is 13.6 Å². The summed E-state index contributed by atoms with van der Waals surface area (Å²) in [5.74, 6) is 0. The van der Waals surface area contributed by atoms with Gasteiger partial charge in [-0.3, -0.25) is 0 Å². The molecule has 0 heterocycles. The molecule has 0 saturated carbocycles. The predicted octanol–water partition coefficient (Wildman–Crippen LogP) is 0.911. The minimum absolute atomic E-state index is 0. The van der Waals surface area contributed by atoms with E-state index >= 15 is 0 Å². The van der Waals surface area contributed by atoms with Crippen molar-refractivity contribution >= 4 is 42.1 Å². The Balaban J connectivity index is -0.000000108. The Bertz CT molecular complexity index is 238. The standard InChI is InChI=1S/3C3H7O3P.Al/c3*1-2-3-6-7(4)5;/h3*2-3H2,1H3;/q;;;+3. The van der Waals surface area contributed by atoms with Crippen molar-refractivity contribution in [3.8, 4) is 0 Å². The Morgan fingerprint density at radius 1 is 0.636 bits per heavy atom. The molecule has 0 N–H and O–H groups in total. The first-order chi connectivity index (χ1) is 9.81. The van der Waals surface area contributed by atoms with Gasteiger partial charge in [0.25, 0.3) is 0 Å². The van der Waals surface area contributed by atoms with E-state index in [1.807, 2.05) is 20.8 Å². The van der Waals surface area contributed by atoms with Crippen molar-refractivity contribution in [1.82, 2.24) is 0 Å².